The molecule has 4 heterocycles. The van der Waals surface area contributed by atoms with Crippen LogP contribution in [0.15, 0.2) is 43.8 Å². The summed E-state index contributed by atoms with van der Waals surface area (Å²) in [5, 5.41) is 4.44. The van der Waals surface area contributed by atoms with Gasteiger partial charge < -0.3 is 14.6 Å². The zero-order valence-corrected chi connectivity index (χ0v) is 19.6. The van der Waals surface area contributed by atoms with E-state index in [1.807, 2.05) is 0 Å². The van der Waals surface area contributed by atoms with Gasteiger partial charge in [-0.05, 0) is 41.8 Å². The Labute approximate surface area is 194 Å². The fourth-order valence-corrected chi connectivity index (χ4v) is 5.33. The molecule has 0 spiro atoms. The molecule has 0 saturated carbocycles. The third-order valence-corrected chi connectivity index (χ3v) is 6.85. The van der Waals surface area contributed by atoms with E-state index < -0.39 is 11.2 Å². The smallest absolute Gasteiger partial charge is 0.332 e. The molecule has 4 rings (SSSR count). The van der Waals surface area contributed by atoms with Crippen LogP contribution in [0.25, 0.3) is 10.2 Å². The second kappa shape index (κ2) is 9.78. The average molecular weight is 473 g/mol. The minimum Gasteiger partial charge on any atom is -0.467 e. The van der Waals surface area contributed by atoms with Crippen LogP contribution in [0.5, 0.6) is 0 Å². The summed E-state index contributed by atoms with van der Waals surface area (Å²) < 4.78 is 8.00. The first-order valence-corrected chi connectivity index (χ1v) is 12.0. The minimum atomic E-state index is -0.573. The van der Waals surface area contributed by atoms with Crippen LogP contribution in [0.3, 0.4) is 0 Å². The second-order valence-electron chi connectivity index (χ2n) is 8.81. The van der Waals surface area contributed by atoms with Gasteiger partial charge in [0.05, 0.1) is 18.3 Å². The lowest BCUT2D eigenvalue weighted by atomic mass is 9.92. The summed E-state index contributed by atoms with van der Waals surface area (Å²) >= 11 is 1.23. The minimum absolute atomic E-state index is 0.0398. The normalized spacial score (nSPS) is 18.5. The number of aromatic nitrogens is 2. The summed E-state index contributed by atoms with van der Waals surface area (Å²) in [6, 6.07) is 5.17. The summed E-state index contributed by atoms with van der Waals surface area (Å²) in [6.45, 7) is 5.61. The van der Waals surface area contributed by atoms with Crippen LogP contribution in [0.4, 0.5) is 0 Å². The molecule has 3 aromatic rings. The molecule has 2 unspecified atom stereocenters. The van der Waals surface area contributed by atoms with Gasteiger partial charge in [0.15, 0.2) is 0 Å². The zero-order chi connectivity index (χ0) is 23.5. The summed E-state index contributed by atoms with van der Waals surface area (Å²) in [6.07, 6.45) is 2.56. The lowest BCUT2D eigenvalue weighted by Crippen LogP contribution is -2.47. The van der Waals surface area contributed by atoms with Crippen LogP contribution in [0.1, 0.15) is 32.4 Å². The van der Waals surface area contributed by atoms with Gasteiger partial charge in [-0.25, -0.2) is 4.79 Å². The number of thiophene rings is 1. The molecule has 0 radical (unpaired) electrons. The van der Waals surface area contributed by atoms with Crippen molar-refractivity contribution >= 4 is 33.4 Å². The van der Waals surface area contributed by atoms with E-state index >= 15 is 0 Å². The van der Waals surface area contributed by atoms with Crippen molar-refractivity contribution in [2.24, 2.45) is 11.8 Å². The van der Waals surface area contributed by atoms with Crippen molar-refractivity contribution in [3.05, 3.63) is 56.4 Å². The fraction of sp³-hybridized carbons (Fsp3) is 0.478. The van der Waals surface area contributed by atoms with Gasteiger partial charge in [0.25, 0.3) is 5.56 Å². The van der Waals surface area contributed by atoms with Gasteiger partial charge in [0.2, 0.25) is 11.8 Å². The summed E-state index contributed by atoms with van der Waals surface area (Å²) in [5.74, 6) is 0.989. The number of rotatable bonds is 7. The molecule has 2 amide bonds. The Bertz CT molecular complexity index is 1250. The molecule has 0 aromatic carbocycles. The number of hydrogen-bond donors (Lipinski definition) is 1. The lowest BCUT2D eigenvalue weighted by molar-refractivity contribution is -0.134. The van der Waals surface area contributed by atoms with E-state index in [0.29, 0.717) is 40.9 Å². The van der Waals surface area contributed by atoms with Crippen LogP contribution in [0.2, 0.25) is 0 Å². The number of piperidine rings is 1. The van der Waals surface area contributed by atoms with Crippen LogP contribution in [-0.4, -0.2) is 38.9 Å². The third kappa shape index (κ3) is 5.11. The molecule has 33 heavy (non-hydrogen) atoms. The van der Waals surface area contributed by atoms with Gasteiger partial charge in [-0.15, -0.1) is 11.3 Å². The number of likely N-dealkylation sites (tertiary alicyclic amines) is 1. The molecule has 2 atom stereocenters. The number of carbonyl (C=O) groups is 2. The summed E-state index contributed by atoms with van der Waals surface area (Å²) in [5.41, 5.74) is -0.552. The highest BCUT2D eigenvalue weighted by Crippen LogP contribution is 2.22. The van der Waals surface area contributed by atoms with Gasteiger partial charge in [-0.1, -0.05) is 13.8 Å². The largest absolute Gasteiger partial charge is 0.467 e. The Morgan fingerprint density at radius 3 is 2.61 bits per heavy atom. The van der Waals surface area contributed by atoms with Gasteiger partial charge in [-0.2, -0.15) is 0 Å². The highest BCUT2D eigenvalue weighted by molar-refractivity contribution is 7.17. The maximum Gasteiger partial charge on any atom is 0.332 e. The molecule has 1 saturated heterocycles. The van der Waals surface area contributed by atoms with Crippen LogP contribution in [-0.2, 0) is 29.2 Å². The Kier molecular flexibility index (Phi) is 6.83. The van der Waals surface area contributed by atoms with Crippen molar-refractivity contribution in [1.82, 2.24) is 19.4 Å². The molecule has 1 aliphatic rings. The van der Waals surface area contributed by atoms with Gasteiger partial charge in [-0.3, -0.25) is 23.5 Å². The van der Waals surface area contributed by atoms with Crippen LogP contribution in [0, 0.1) is 11.8 Å². The van der Waals surface area contributed by atoms with E-state index in [1.165, 1.54) is 22.2 Å². The number of amides is 2. The number of hydrogen-bond acceptors (Lipinski definition) is 6. The standard InChI is InChI=1S/C23H28N4O5S/c1-15-10-16(2)13-25(12-15)20(29)14-27-18-6-9-33-21(18)22(30)26(23(27)31)7-5-19(28)24-11-17-4-3-8-32-17/h3-4,6,8-9,15-16H,5,7,10-14H2,1-2H3,(H,24,28). The monoisotopic (exact) mass is 472 g/mol. The molecule has 176 valence electrons. The Morgan fingerprint density at radius 2 is 1.91 bits per heavy atom. The zero-order valence-electron chi connectivity index (χ0n) is 18.8. The van der Waals surface area contributed by atoms with E-state index in [1.54, 1.807) is 28.5 Å². The maximum absolute atomic E-state index is 13.2. The fourth-order valence-electron chi connectivity index (χ4n) is 4.49. The van der Waals surface area contributed by atoms with Crippen LogP contribution >= 0.6 is 11.3 Å². The first-order valence-electron chi connectivity index (χ1n) is 11.1. The number of fused-ring (bicyclic) bond motifs is 1. The predicted molar refractivity (Wildman–Crippen MR) is 125 cm³/mol. The number of nitrogens with zero attached hydrogens (tertiary/aromatic N) is 3. The van der Waals surface area contributed by atoms with Crippen molar-refractivity contribution in [3.8, 4) is 0 Å². The van der Waals surface area contributed by atoms with Crippen molar-refractivity contribution in [2.75, 3.05) is 13.1 Å². The van der Waals surface area contributed by atoms with Gasteiger partial charge in [0.1, 0.15) is 17.0 Å². The van der Waals surface area contributed by atoms with Gasteiger partial charge in [0, 0.05) is 26.1 Å². The van der Waals surface area contributed by atoms with E-state index in [4.69, 9.17) is 4.42 Å². The summed E-state index contributed by atoms with van der Waals surface area (Å²) in [4.78, 5) is 53.2. The first-order chi connectivity index (χ1) is 15.8. The molecular formula is C23H28N4O5S. The Hall–Kier alpha value is -3.14. The lowest BCUT2D eigenvalue weighted by Gasteiger charge is -2.35. The number of nitrogens with one attached hydrogen (secondary N) is 1. The van der Waals surface area contributed by atoms with Crippen molar-refractivity contribution in [3.63, 3.8) is 0 Å². The van der Waals surface area contributed by atoms with E-state index in [9.17, 15) is 19.2 Å². The third-order valence-electron chi connectivity index (χ3n) is 5.95. The maximum atomic E-state index is 13.2. The molecular weight excluding hydrogens is 444 g/mol. The predicted octanol–water partition coefficient (Wildman–Crippen LogP) is 2.03. The molecule has 9 nitrogen and oxygen atoms in total. The van der Waals surface area contributed by atoms with Crippen molar-refractivity contribution < 1.29 is 14.0 Å². The molecule has 3 aromatic heterocycles. The molecule has 1 fully saturated rings. The topological polar surface area (TPSA) is 107 Å². The average Bonchev–Trinajstić information content (AvgIpc) is 3.46. The Morgan fingerprint density at radius 1 is 1.15 bits per heavy atom. The van der Waals surface area contributed by atoms with E-state index in [0.717, 1.165) is 11.0 Å². The molecule has 1 N–H and O–H groups in total. The van der Waals surface area contributed by atoms with Gasteiger partial charge >= 0.3 is 5.69 Å². The van der Waals surface area contributed by atoms with Crippen molar-refractivity contribution in [1.29, 1.82) is 0 Å². The first kappa shape index (κ1) is 23.0. The van der Waals surface area contributed by atoms with E-state index in [-0.39, 0.29) is 37.9 Å². The highest BCUT2D eigenvalue weighted by Gasteiger charge is 2.26. The van der Waals surface area contributed by atoms with E-state index in [2.05, 4.69) is 19.2 Å². The molecule has 0 aliphatic carbocycles. The van der Waals surface area contributed by atoms with Crippen LogP contribution < -0.4 is 16.6 Å². The second-order valence-corrected chi connectivity index (χ2v) is 9.73. The quantitative estimate of drug-likeness (QED) is 0.566. The number of furan rings is 1. The van der Waals surface area contributed by atoms with Crippen molar-refractivity contribution in [2.45, 2.75) is 46.3 Å². The number of carbonyl (C=O) groups excluding carboxylic acids is 2. The Balaban J connectivity index is 1.53. The molecule has 0 bridgehead atoms. The highest BCUT2D eigenvalue weighted by atomic mass is 32.1. The summed E-state index contributed by atoms with van der Waals surface area (Å²) in [7, 11) is 0. The SMILES string of the molecule is CC1CC(C)CN(C(=O)Cn2c(=O)n(CCC(=O)NCc3ccco3)c(=O)c3sccc32)C1. The molecule has 1 aliphatic heterocycles. The molecule has 10 heteroatoms.